The van der Waals surface area contributed by atoms with E-state index in [-0.39, 0.29) is 14.7 Å². The molecule has 4 nitrogen and oxygen atoms in total. The van der Waals surface area contributed by atoms with Crippen molar-refractivity contribution in [3.05, 3.63) is 119 Å². The van der Waals surface area contributed by atoms with Gasteiger partial charge in [0.1, 0.15) is 5.75 Å². The molecule has 0 aliphatic rings. The zero-order chi connectivity index (χ0) is 26.7. The third-order valence-electron chi connectivity index (χ3n) is 5.11. The summed E-state index contributed by atoms with van der Waals surface area (Å²) in [5.41, 5.74) is 0. The zero-order valence-corrected chi connectivity index (χ0v) is 22.6. The Kier molecular flexibility index (Phi) is 7.88. The van der Waals surface area contributed by atoms with Gasteiger partial charge in [-0.05, 0) is 87.5 Å². The van der Waals surface area contributed by atoms with E-state index < -0.39 is 37.5 Å². The summed E-state index contributed by atoms with van der Waals surface area (Å²) in [6.07, 6.45) is -5.45. The molecular weight excluding hydrogens is 643 g/mol. The van der Waals surface area contributed by atoms with E-state index in [9.17, 15) is 17.2 Å². The highest BCUT2D eigenvalue weighted by atomic mass is 127. The summed E-state index contributed by atoms with van der Waals surface area (Å²) in [4.78, 5) is 0.649. The molecule has 0 radical (unpaired) electrons. The van der Waals surface area contributed by atoms with Gasteiger partial charge in [0.25, 0.3) is 0 Å². The van der Waals surface area contributed by atoms with Crippen molar-refractivity contribution < 1.29 is 34.3 Å². The fourth-order valence-electron chi connectivity index (χ4n) is 3.42. The van der Waals surface area contributed by atoms with Crippen LogP contribution in [0, 0.1) is 3.57 Å². The van der Waals surface area contributed by atoms with Crippen LogP contribution in [0.2, 0.25) is 0 Å². The standard InChI is InChI=1S/C26H19F4IO4S2/c27-25(28,34-21-12-10-11-20(31)19-21)26(29,30)37(32,33)35-36(22-13-4-1-5-14-22,23-15-6-2-7-16-23)24-17-8-3-9-18-24/h1-19H. The zero-order valence-electron chi connectivity index (χ0n) is 18.8. The minimum absolute atomic E-state index is 0.216. The first-order valence-electron chi connectivity index (χ1n) is 10.6. The van der Waals surface area contributed by atoms with Crippen LogP contribution in [0.3, 0.4) is 0 Å². The Morgan fingerprint density at radius 2 is 1.05 bits per heavy atom. The van der Waals surface area contributed by atoms with Crippen molar-refractivity contribution in [2.24, 2.45) is 0 Å². The van der Waals surface area contributed by atoms with Gasteiger partial charge in [0.2, 0.25) is 0 Å². The molecule has 0 saturated heterocycles. The lowest BCUT2D eigenvalue weighted by Crippen LogP contribution is -2.51. The van der Waals surface area contributed by atoms with Crippen LogP contribution in [0.4, 0.5) is 17.6 Å². The number of hydrogen-bond donors (Lipinski definition) is 0. The summed E-state index contributed by atoms with van der Waals surface area (Å²) in [6, 6.07) is 28.4. The highest BCUT2D eigenvalue weighted by molar-refractivity contribution is 14.1. The molecule has 0 aliphatic carbocycles. The molecule has 0 aromatic heterocycles. The van der Waals surface area contributed by atoms with Crippen LogP contribution in [0.15, 0.2) is 130 Å². The molecule has 194 valence electrons. The van der Waals surface area contributed by atoms with Crippen LogP contribution in [0.5, 0.6) is 5.75 Å². The van der Waals surface area contributed by atoms with Crippen LogP contribution in [-0.4, -0.2) is 19.8 Å². The average Bonchev–Trinajstić information content (AvgIpc) is 2.88. The van der Waals surface area contributed by atoms with Gasteiger partial charge in [-0.15, -0.1) is 0 Å². The summed E-state index contributed by atoms with van der Waals surface area (Å²) in [7, 11) is -9.79. The topological polar surface area (TPSA) is 52.6 Å². The van der Waals surface area contributed by atoms with Crippen molar-refractivity contribution >= 4 is 43.0 Å². The largest absolute Gasteiger partial charge is 0.483 e. The Morgan fingerprint density at radius 1 is 0.622 bits per heavy atom. The maximum atomic E-state index is 15.3. The van der Waals surface area contributed by atoms with E-state index >= 15 is 8.78 Å². The molecule has 0 atom stereocenters. The number of alkyl halides is 4. The second-order valence-corrected chi connectivity index (χ2v) is 13.3. The molecule has 0 N–H and O–H groups in total. The van der Waals surface area contributed by atoms with E-state index in [4.69, 9.17) is 3.63 Å². The van der Waals surface area contributed by atoms with Gasteiger partial charge in [0.05, 0.1) is 0 Å². The van der Waals surface area contributed by atoms with Crippen LogP contribution in [0.1, 0.15) is 0 Å². The van der Waals surface area contributed by atoms with E-state index in [1.54, 1.807) is 77.2 Å². The van der Waals surface area contributed by atoms with Crippen molar-refractivity contribution in [3.63, 3.8) is 0 Å². The molecule has 4 rings (SSSR count). The van der Waals surface area contributed by atoms with E-state index in [0.29, 0.717) is 3.57 Å². The smallest absolute Gasteiger partial charge is 0.427 e. The first kappa shape index (κ1) is 27.4. The monoisotopic (exact) mass is 662 g/mol. The van der Waals surface area contributed by atoms with Crippen molar-refractivity contribution in [2.75, 3.05) is 0 Å². The minimum atomic E-state index is -6.32. The van der Waals surface area contributed by atoms with Crippen molar-refractivity contribution in [1.29, 1.82) is 0 Å². The van der Waals surface area contributed by atoms with E-state index in [0.717, 1.165) is 12.1 Å². The SMILES string of the molecule is O=S(=O)(OS(c1ccccc1)(c1ccccc1)c1ccccc1)C(F)(F)C(F)(F)Oc1cccc(I)c1. The predicted octanol–water partition coefficient (Wildman–Crippen LogP) is 8.10. The predicted molar refractivity (Wildman–Crippen MR) is 141 cm³/mol. The summed E-state index contributed by atoms with van der Waals surface area (Å²) in [6.45, 7) is 0. The molecule has 0 unspecified atom stereocenters. The lowest BCUT2D eigenvalue weighted by Gasteiger charge is -2.40. The molecule has 0 heterocycles. The van der Waals surface area contributed by atoms with Gasteiger partial charge in [-0.2, -0.15) is 26.0 Å². The van der Waals surface area contributed by atoms with Crippen molar-refractivity contribution in [1.82, 2.24) is 0 Å². The van der Waals surface area contributed by atoms with E-state index in [1.807, 2.05) is 0 Å². The summed E-state index contributed by atoms with van der Waals surface area (Å²) in [5, 5.41) is -5.75. The van der Waals surface area contributed by atoms with Gasteiger partial charge < -0.3 is 4.74 Å². The number of hydrogen-bond acceptors (Lipinski definition) is 4. The Bertz CT molecular complexity index is 1360. The fraction of sp³-hybridized carbons (Fsp3) is 0.0769. The lowest BCUT2D eigenvalue weighted by atomic mass is 10.3. The lowest BCUT2D eigenvalue weighted by molar-refractivity contribution is -0.274. The van der Waals surface area contributed by atoms with Crippen LogP contribution >= 0.6 is 32.9 Å². The fourth-order valence-corrected chi connectivity index (χ4v) is 9.07. The molecule has 4 aromatic rings. The number of ether oxygens (including phenoxy) is 1. The van der Waals surface area contributed by atoms with E-state index in [2.05, 4.69) is 4.74 Å². The van der Waals surface area contributed by atoms with E-state index in [1.165, 1.54) is 48.5 Å². The summed E-state index contributed by atoms with van der Waals surface area (Å²) >= 11 is 1.78. The Hall–Kier alpha value is -2.61. The number of benzene rings is 4. The number of rotatable bonds is 9. The van der Waals surface area contributed by atoms with Crippen LogP contribution < -0.4 is 4.74 Å². The normalized spacial score (nSPS) is 13.2. The van der Waals surface area contributed by atoms with Gasteiger partial charge in [-0.3, -0.25) is 0 Å². The third kappa shape index (κ3) is 5.35. The molecule has 11 heteroatoms. The second kappa shape index (κ2) is 10.6. The summed E-state index contributed by atoms with van der Waals surface area (Å²) < 4.78 is 96.6. The average molecular weight is 662 g/mol. The molecule has 0 fully saturated rings. The maximum Gasteiger partial charge on any atom is 0.483 e. The molecule has 0 aliphatic heterocycles. The first-order valence-corrected chi connectivity index (χ1v) is 14.7. The van der Waals surface area contributed by atoms with Gasteiger partial charge in [0.15, 0.2) is 0 Å². The maximum absolute atomic E-state index is 15.3. The Labute approximate surface area is 227 Å². The summed E-state index contributed by atoms with van der Waals surface area (Å²) in [5.74, 6) is -0.625. The molecule has 0 bridgehead atoms. The Balaban J connectivity index is 1.88. The third-order valence-corrected chi connectivity index (χ3v) is 11.0. The van der Waals surface area contributed by atoms with Crippen LogP contribution in [-0.2, 0) is 13.7 Å². The highest BCUT2D eigenvalue weighted by Crippen LogP contribution is 2.70. The van der Waals surface area contributed by atoms with Crippen molar-refractivity contribution in [3.8, 4) is 5.75 Å². The van der Waals surface area contributed by atoms with Crippen LogP contribution in [0.25, 0.3) is 0 Å². The van der Waals surface area contributed by atoms with Gasteiger partial charge in [-0.25, -0.2) is 3.63 Å². The molecule has 0 spiro atoms. The van der Waals surface area contributed by atoms with Gasteiger partial charge in [-0.1, -0.05) is 60.7 Å². The van der Waals surface area contributed by atoms with Gasteiger partial charge in [0, 0.05) is 18.3 Å². The van der Waals surface area contributed by atoms with Crippen molar-refractivity contribution in [2.45, 2.75) is 26.0 Å². The molecular formula is C26H19F4IO4S2. The molecule has 0 amide bonds. The minimum Gasteiger partial charge on any atom is -0.427 e. The molecule has 4 aromatic carbocycles. The number of halogens is 5. The Morgan fingerprint density at radius 3 is 1.46 bits per heavy atom. The van der Waals surface area contributed by atoms with Gasteiger partial charge >= 0.3 is 21.5 Å². The highest BCUT2D eigenvalue weighted by Gasteiger charge is 2.71. The first-order chi connectivity index (χ1) is 17.5. The molecule has 0 saturated carbocycles. The molecule has 37 heavy (non-hydrogen) atoms. The quantitative estimate of drug-likeness (QED) is 0.134. The second-order valence-electron chi connectivity index (χ2n) is 7.61.